The first-order valence-electron chi connectivity index (χ1n) is 5.83. The lowest BCUT2D eigenvalue weighted by atomic mass is 10.3. The predicted molar refractivity (Wildman–Crippen MR) is 59.7 cm³/mol. The van der Waals surface area contributed by atoms with Gasteiger partial charge in [-0.3, -0.25) is 0 Å². The molecule has 1 saturated carbocycles. The molecule has 0 unspecified atom stereocenters. The van der Waals surface area contributed by atoms with Crippen molar-refractivity contribution in [3.63, 3.8) is 0 Å². The van der Waals surface area contributed by atoms with Gasteiger partial charge in [0.15, 0.2) is 6.61 Å². The molecule has 0 amide bonds. The molecule has 1 aliphatic carbocycles. The Morgan fingerprint density at radius 2 is 1.80 bits per heavy atom. The fourth-order valence-electron chi connectivity index (χ4n) is 1.44. The van der Waals surface area contributed by atoms with Crippen LogP contribution in [0.15, 0.2) is 0 Å². The van der Waals surface area contributed by atoms with Crippen LogP contribution in [0.1, 0.15) is 30.1 Å². The molecule has 0 bridgehead atoms. The molecule has 0 spiro atoms. The van der Waals surface area contributed by atoms with Crippen LogP contribution in [0.2, 0.25) is 0 Å². The van der Waals surface area contributed by atoms with Gasteiger partial charge < -0.3 is 10.5 Å². The van der Waals surface area contributed by atoms with Crippen molar-refractivity contribution in [2.45, 2.75) is 37.8 Å². The largest absolute Gasteiger partial charge is 0.471 e. The minimum atomic E-state index is -5.67. The first-order valence-corrected chi connectivity index (χ1v) is 5.83. The maximum absolute atomic E-state index is 12.8. The van der Waals surface area contributed by atoms with Crippen LogP contribution in [-0.2, 0) is 0 Å². The number of halogens is 5. The van der Waals surface area contributed by atoms with Crippen LogP contribution in [0, 0.1) is 6.92 Å². The van der Waals surface area contributed by atoms with Crippen molar-refractivity contribution < 1.29 is 26.7 Å². The van der Waals surface area contributed by atoms with E-state index in [0.717, 1.165) is 12.8 Å². The minimum absolute atomic E-state index is 0.0206. The lowest BCUT2D eigenvalue weighted by Crippen LogP contribution is -2.42. The summed E-state index contributed by atoms with van der Waals surface area (Å²) < 4.78 is 66.3. The molecule has 0 aliphatic heterocycles. The number of nitrogen functional groups attached to an aromatic ring is 1. The van der Waals surface area contributed by atoms with E-state index in [1.54, 1.807) is 0 Å². The zero-order chi connectivity index (χ0) is 15.1. The average Bonchev–Trinajstić information content (AvgIpc) is 3.13. The highest BCUT2D eigenvalue weighted by Gasteiger charge is 2.58. The molecule has 2 N–H and O–H groups in total. The van der Waals surface area contributed by atoms with E-state index in [4.69, 9.17) is 5.73 Å². The minimum Gasteiger partial charge on any atom is -0.471 e. The third kappa shape index (κ3) is 2.91. The average molecular weight is 297 g/mol. The number of ether oxygens (including phenoxy) is 1. The monoisotopic (exact) mass is 297 g/mol. The number of anilines is 1. The molecule has 2 rings (SSSR count). The molecule has 1 aliphatic rings. The number of hydrogen-bond donors (Lipinski definition) is 1. The van der Waals surface area contributed by atoms with E-state index in [2.05, 4.69) is 14.7 Å². The van der Waals surface area contributed by atoms with E-state index < -0.39 is 18.7 Å². The number of nitrogens with two attached hydrogens (primary N) is 1. The third-order valence-electron chi connectivity index (χ3n) is 2.90. The quantitative estimate of drug-likeness (QED) is 0.868. The van der Waals surface area contributed by atoms with Gasteiger partial charge in [0.05, 0.1) is 5.56 Å². The molecule has 9 heteroatoms. The van der Waals surface area contributed by atoms with Crippen molar-refractivity contribution in [2.75, 3.05) is 12.3 Å². The van der Waals surface area contributed by atoms with Gasteiger partial charge in [0, 0.05) is 5.92 Å². The van der Waals surface area contributed by atoms with E-state index in [9.17, 15) is 22.0 Å². The Bertz CT molecular complexity index is 514. The van der Waals surface area contributed by atoms with Gasteiger partial charge in [0.25, 0.3) is 0 Å². The summed E-state index contributed by atoms with van der Waals surface area (Å²) in [6.07, 6.45) is -4.00. The highest BCUT2D eigenvalue weighted by Crippen LogP contribution is 2.40. The highest BCUT2D eigenvalue weighted by atomic mass is 19.4. The number of rotatable bonds is 4. The summed E-state index contributed by atoms with van der Waals surface area (Å²) >= 11 is 0. The predicted octanol–water partition coefficient (Wildman–Crippen LogP) is 2.82. The van der Waals surface area contributed by atoms with Gasteiger partial charge in [0.2, 0.25) is 5.88 Å². The Morgan fingerprint density at radius 3 is 2.30 bits per heavy atom. The Morgan fingerprint density at radius 1 is 1.20 bits per heavy atom. The standard InChI is InChI=1S/C11H12F5N3O/c1-5-7(17)18-8(6-2-3-6)19-9(5)20-4-10(12,13)11(14,15)16/h6H,2-4H2,1H3,(H2,17,18,19). The van der Waals surface area contributed by atoms with Gasteiger partial charge in [0.1, 0.15) is 11.6 Å². The molecule has 112 valence electrons. The van der Waals surface area contributed by atoms with Gasteiger partial charge in [-0.2, -0.15) is 26.9 Å². The summed E-state index contributed by atoms with van der Waals surface area (Å²) in [7, 11) is 0. The summed E-state index contributed by atoms with van der Waals surface area (Å²) in [4.78, 5) is 7.83. The summed E-state index contributed by atoms with van der Waals surface area (Å²) in [5, 5.41) is 0. The molecule has 0 atom stereocenters. The van der Waals surface area contributed by atoms with Crippen molar-refractivity contribution in [1.82, 2.24) is 9.97 Å². The zero-order valence-electron chi connectivity index (χ0n) is 10.5. The first kappa shape index (κ1) is 14.7. The smallest absolute Gasteiger partial charge is 0.456 e. The number of alkyl halides is 5. The van der Waals surface area contributed by atoms with E-state index >= 15 is 0 Å². The molecule has 0 aromatic carbocycles. The van der Waals surface area contributed by atoms with E-state index in [0.29, 0.717) is 5.82 Å². The molecule has 1 aromatic rings. The van der Waals surface area contributed by atoms with Crippen LogP contribution < -0.4 is 10.5 Å². The molecule has 4 nitrogen and oxygen atoms in total. The molecule has 1 aromatic heterocycles. The van der Waals surface area contributed by atoms with Crippen LogP contribution >= 0.6 is 0 Å². The van der Waals surface area contributed by atoms with Crippen molar-refractivity contribution in [3.05, 3.63) is 11.4 Å². The first-order chi connectivity index (χ1) is 9.12. The fourth-order valence-corrected chi connectivity index (χ4v) is 1.44. The molecular formula is C11H12F5N3O. The summed E-state index contributed by atoms with van der Waals surface area (Å²) in [5.41, 5.74) is 5.72. The van der Waals surface area contributed by atoms with Crippen LogP contribution in [0.3, 0.4) is 0 Å². The fraction of sp³-hybridized carbons (Fsp3) is 0.636. The van der Waals surface area contributed by atoms with Gasteiger partial charge in [-0.1, -0.05) is 0 Å². The van der Waals surface area contributed by atoms with Crippen LogP contribution in [0.4, 0.5) is 27.8 Å². The Labute approximate surface area is 111 Å². The van der Waals surface area contributed by atoms with E-state index in [1.165, 1.54) is 6.92 Å². The molecule has 20 heavy (non-hydrogen) atoms. The Kier molecular flexibility index (Phi) is 3.47. The molecule has 1 fully saturated rings. The van der Waals surface area contributed by atoms with Gasteiger partial charge >= 0.3 is 12.1 Å². The van der Waals surface area contributed by atoms with Crippen LogP contribution in [-0.4, -0.2) is 28.7 Å². The van der Waals surface area contributed by atoms with Gasteiger partial charge in [-0.25, -0.2) is 4.98 Å². The highest BCUT2D eigenvalue weighted by molar-refractivity contribution is 5.45. The van der Waals surface area contributed by atoms with Gasteiger partial charge in [-0.15, -0.1) is 0 Å². The molecule has 0 radical (unpaired) electrons. The number of hydrogen-bond acceptors (Lipinski definition) is 4. The second-order valence-electron chi connectivity index (χ2n) is 4.66. The summed E-state index contributed by atoms with van der Waals surface area (Å²) in [6.45, 7) is -0.440. The van der Waals surface area contributed by atoms with Crippen molar-refractivity contribution >= 4 is 5.82 Å². The number of aromatic nitrogens is 2. The number of nitrogens with zero attached hydrogens (tertiary/aromatic N) is 2. The Hall–Kier alpha value is -1.67. The maximum atomic E-state index is 12.8. The second-order valence-corrected chi connectivity index (χ2v) is 4.66. The maximum Gasteiger partial charge on any atom is 0.456 e. The van der Waals surface area contributed by atoms with E-state index in [-0.39, 0.29) is 23.2 Å². The van der Waals surface area contributed by atoms with Crippen LogP contribution in [0.25, 0.3) is 0 Å². The molecule has 1 heterocycles. The topological polar surface area (TPSA) is 61.0 Å². The van der Waals surface area contributed by atoms with Crippen molar-refractivity contribution in [2.24, 2.45) is 0 Å². The zero-order valence-corrected chi connectivity index (χ0v) is 10.5. The van der Waals surface area contributed by atoms with E-state index in [1.807, 2.05) is 0 Å². The Balaban J connectivity index is 2.17. The summed E-state index contributed by atoms with van der Waals surface area (Å²) in [5.74, 6) is -4.86. The molecule has 0 saturated heterocycles. The normalized spacial score (nSPS) is 16.3. The van der Waals surface area contributed by atoms with Crippen molar-refractivity contribution in [1.29, 1.82) is 0 Å². The van der Waals surface area contributed by atoms with Crippen molar-refractivity contribution in [3.8, 4) is 5.88 Å². The lowest BCUT2D eigenvalue weighted by molar-refractivity contribution is -0.290. The van der Waals surface area contributed by atoms with Crippen LogP contribution in [0.5, 0.6) is 5.88 Å². The molecular weight excluding hydrogens is 285 g/mol. The third-order valence-corrected chi connectivity index (χ3v) is 2.90. The summed E-state index contributed by atoms with van der Waals surface area (Å²) in [6, 6.07) is 0. The lowest BCUT2D eigenvalue weighted by Gasteiger charge is -2.20. The van der Waals surface area contributed by atoms with Gasteiger partial charge in [-0.05, 0) is 19.8 Å². The SMILES string of the molecule is Cc1c(N)nc(C2CC2)nc1OCC(F)(F)C(F)(F)F. The second kappa shape index (κ2) is 4.71.